The maximum Gasteiger partial charge on any atom is 0.352 e. The second-order valence-electron chi connectivity index (χ2n) is 7.14. The number of hydrogen-bond donors (Lipinski definition) is 2. The van der Waals surface area contributed by atoms with Gasteiger partial charge in [-0.1, -0.05) is 11.8 Å². The number of hydrogen-bond acceptors (Lipinski definition) is 11. The third-order valence-corrected chi connectivity index (χ3v) is 7.52. The van der Waals surface area contributed by atoms with Gasteiger partial charge in [-0.15, -0.1) is 16.9 Å². The van der Waals surface area contributed by atoms with E-state index < -0.39 is 40.2 Å². The highest BCUT2D eigenvalue weighted by molar-refractivity contribution is 8.01. The number of fused-ring (bicyclic) bond motifs is 1. The van der Waals surface area contributed by atoms with Gasteiger partial charge in [-0.3, -0.25) is 29.3 Å². The lowest BCUT2D eigenvalue weighted by atomic mass is 10.0. The average molecular weight is 496 g/mol. The average Bonchev–Trinajstić information content (AvgIpc) is 3.43. The van der Waals surface area contributed by atoms with Crippen molar-refractivity contribution >= 4 is 47.0 Å². The van der Waals surface area contributed by atoms with Gasteiger partial charge in [0.1, 0.15) is 35.5 Å². The number of thioether (sulfide) groups is 2. The number of carboxylic acids is 1. The van der Waals surface area contributed by atoms with Gasteiger partial charge in [-0.05, 0) is 22.9 Å². The van der Waals surface area contributed by atoms with Gasteiger partial charge >= 0.3 is 11.7 Å². The maximum atomic E-state index is 12.8. The molecule has 0 bridgehead atoms. The molecule has 0 radical (unpaired) electrons. The topological polar surface area (TPSA) is 191 Å². The molecule has 3 atom stereocenters. The van der Waals surface area contributed by atoms with Crippen LogP contribution >= 0.6 is 23.5 Å². The van der Waals surface area contributed by atoms with Gasteiger partial charge in [0.05, 0.1) is 4.92 Å². The van der Waals surface area contributed by atoms with Gasteiger partial charge in [-0.2, -0.15) is 5.10 Å². The van der Waals surface area contributed by atoms with Crippen molar-refractivity contribution in [2.45, 2.75) is 29.5 Å². The van der Waals surface area contributed by atoms with E-state index in [1.807, 2.05) is 0 Å². The van der Waals surface area contributed by atoms with Crippen LogP contribution in [0.5, 0.6) is 0 Å². The minimum Gasteiger partial charge on any atom is -0.477 e. The van der Waals surface area contributed by atoms with Crippen molar-refractivity contribution < 1.29 is 24.4 Å². The van der Waals surface area contributed by atoms with Crippen LogP contribution in [0.3, 0.4) is 0 Å². The Balaban J connectivity index is 1.45. The molecule has 0 aliphatic carbocycles. The summed E-state index contributed by atoms with van der Waals surface area (Å²) >= 11 is 2.59. The highest BCUT2D eigenvalue weighted by atomic mass is 32.2. The van der Waals surface area contributed by atoms with Gasteiger partial charge in [0.2, 0.25) is 11.1 Å². The molecule has 15 nitrogen and oxygen atoms in total. The second-order valence-corrected chi connectivity index (χ2v) is 9.19. The Labute approximate surface area is 193 Å². The zero-order valence-electron chi connectivity index (χ0n) is 17.2. The number of nitrogens with zero attached hydrogens (tertiary/aromatic N) is 8. The van der Waals surface area contributed by atoms with Gasteiger partial charge in [0, 0.05) is 18.6 Å². The fourth-order valence-corrected chi connectivity index (χ4v) is 5.65. The molecule has 174 valence electrons. The minimum absolute atomic E-state index is 0.104. The van der Waals surface area contributed by atoms with E-state index in [4.69, 9.17) is 0 Å². The van der Waals surface area contributed by atoms with E-state index in [1.54, 1.807) is 7.05 Å². The zero-order chi connectivity index (χ0) is 23.9. The molecule has 4 heterocycles. The number of tetrazole rings is 1. The van der Waals surface area contributed by atoms with Crippen molar-refractivity contribution in [3.8, 4) is 0 Å². The van der Waals surface area contributed by atoms with E-state index in [2.05, 4.69) is 25.9 Å². The van der Waals surface area contributed by atoms with Crippen molar-refractivity contribution in [1.82, 2.24) is 40.2 Å². The Kier molecular flexibility index (Phi) is 6.07. The predicted molar refractivity (Wildman–Crippen MR) is 113 cm³/mol. The van der Waals surface area contributed by atoms with E-state index in [1.165, 1.54) is 40.0 Å². The summed E-state index contributed by atoms with van der Waals surface area (Å²) in [6.07, 6.45) is 2.15. The molecule has 17 heteroatoms. The van der Waals surface area contributed by atoms with Crippen LogP contribution in [0.25, 0.3) is 0 Å². The number of nitrogens with one attached hydrogen (secondary N) is 1. The third kappa shape index (κ3) is 4.15. The number of carbonyl (C=O) groups is 3. The summed E-state index contributed by atoms with van der Waals surface area (Å²) in [7, 11) is 1.66. The van der Waals surface area contributed by atoms with E-state index >= 15 is 0 Å². The first-order chi connectivity index (χ1) is 15.7. The van der Waals surface area contributed by atoms with Crippen molar-refractivity contribution in [3.63, 3.8) is 0 Å². The lowest BCUT2D eigenvalue weighted by Gasteiger charge is -2.49. The fourth-order valence-electron chi connectivity index (χ4n) is 3.32. The summed E-state index contributed by atoms with van der Waals surface area (Å²) in [5.41, 5.74) is 0.182. The Morgan fingerprint density at radius 3 is 2.85 bits per heavy atom. The molecule has 2 aliphatic rings. The van der Waals surface area contributed by atoms with Crippen molar-refractivity contribution in [2.24, 2.45) is 7.05 Å². The standard InChI is InChI=1S/C16H17N9O6S2/c1-7(23-4-9(3-17-23)25(30)31)12(26)18-10-13(27)24-11(15(28)29)8(5-32-14(10)24)6-33-16-19-20-21-22(16)2/h3-4,7,10,14H,5-6H2,1-2H3,(H,18,26)(H,28,29)/t7-,10+,14-/m1/s1. The SMILES string of the molecule is C[C@H](C(=O)N[C@H]1C(=O)N2C(C(=O)O)=C(CSc3nnnn3C)CS[C@H]12)n1cc([N+](=O)[O-])cn1. The fraction of sp³-hybridized carbons (Fsp3) is 0.438. The number of carboxylic acid groups (broad SMARTS) is 1. The van der Waals surface area contributed by atoms with Crippen LogP contribution in [0.2, 0.25) is 0 Å². The largest absolute Gasteiger partial charge is 0.477 e. The summed E-state index contributed by atoms with van der Waals surface area (Å²) in [5.74, 6) is -1.71. The molecular formula is C16H17N9O6S2. The Morgan fingerprint density at radius 1 is 1.48 bits per heavy atom. The third-order valence-electron chi connectivity index (χ3n) is 5.08. The number of carbonyl (C=O) groups excluding carboxylic acids is 2. The molecular weight excluding hydrogens is 478 g/mol. The minimum atomic E-state index is -1.23. The maximum absolute atomic E-state index is 12.8. The number of amides is 2. The molecule has 2 aromatic heterocycles. The van der Waals surface area contributed by atoms with Crippen molar-refractivity contribution in [2.75, 3.05) is 11.5 Å². The van der Waals surface area contributed by atoms with Gasteiger partial charge in [0.25, 0.3) is 5.91 Å². The molecule has 1 saturated heterocycles. The first-order valence-electron chi connectivity index (χ1n) is 9.43. The molecule has 2 amide bonds. The molecule has 4 rings (SSSR count). The molecule has 2 N–H and O–H groups in total. The molecule has 1 fully saturated rings. The molecule has 0 spiro atoms. The first-order valence-corrected chi connectivity index (χ1v) is 11.5. The number of aromatic nitrogens is 6. The van der Waals surface area contributed by atoms with Crippen molar-refractivity contribution in [3.05, 3.63) is 33.8 Å². The Morgan fingerprint density at radius 2 is 2.24 bits per heavy atom. The second kappa shape index (κ2) is 8.81. The van der Waals surface area contributed by atoms with Gasteiger partial charge < -0.3 is 10.4 Å². The highest BCUT2D eigenvalue weighted by Gasteiger charge is 2.54. The van der Waals surface area contributed by atoms with E-state index in [9.17, 15) is 29.6 Å². The number of aliphatic carboxylic acids is 1. The van der Waals surface area contributed by atoms with E-state index in [0.29, 0.717) is 16.5 Å². The predicted octanol–water partition coefficient (Wildman–Crippen LogP) is -0.593. The Hall–Kier alpha value is -3.47. The Bertz CT molecular complexity index is 1180. The molecule has 2 aliphatic heterocycles. The van der Waals surface area contributed by atoms with Crippen molar-refractivity contribution in [1.29, 1.82) is 0 Å². The smallest absolute Gasteiger partial charge is 0.352 e. The van der Waals surface area contributed by atoms with Crippen LogP contribution in [0.1, 0.15) is 13.0 Å². The summed E-state index contributed by atoms with van der Waals surface area (Å²) in [5, 5.41) is 38.0. The van der Waals surface area contributed by atoms with Crippen LogP contribution in [0.4, 0.5) is 5.69 Å². The summed E-state index contributed by atoms with van der Waals surface area (Å²) in [6.45, 7) is 1.49. The van der Waals surface area contributed by atoms with E-state index in [-0.39, 0.29) is 17.1 Å². The quantitative estimate of drug-likeness (QED) is 0.205. The van der Waals surface area contributed by atoms with Crippen LogP contribution in [0.15, 0.2) is 28.8 Å². The number of nitro groups is 1. The lowest BCUT2D eigenvalue weighted by molar-refractivity contribution is -0.385. The lowest BCUT2D eigenvalue weighted by Crippen LogP contribution is -2.71. The molecule has 0 aromatic carbocycles. The molecule has 0 unspecified atom stereocenters. The molecule has 2 aromatic rings. The zero-order valence-corrected chi connectivity index (χ0v) is 18.8. The number of β-lactam (4-membered cyclic amide) rings is 1. The first kappa shape index (κ1) is 22.7. The number of aryl methyl sites for hydroxylation is 1. The van der Waals surface area contributed by atoms with Crippen LogP contribution < -0.4 is 5.32 Å². The van der Waals surface area contributed by atoms with Crippen LogP contribution in [-0.4, -0.2) is 85.6 Å². The normalized spacial score (nSPS) is 20.8. The van der Waals surface area contributed by atoms with Gasteiger partial charge in [0.15, 0.2) is 0 Å². The summed E-state index contributed by atoms with van der Waals surface area (Å²) in [6, 6.07) is -1.82. The van der Waals surface area contributed by atoms with Gasteiger partial charge in [-0.25, -0.2) is 9.48 Å². The summed E-state index contributed by atoms with van der Waals surface area (Å²) in [4.78, 5) is 48.7. The van der Waals surface area contributed by atoms with Crippen LogP contribution in [-0.2, 0) is 21.4 Å². The highest BCUT2D eigenvalue weighted by Crippen LogP contribution is 2.41. The monoisotopic (exact) mass is 495 g/mol. The molecule has 33 heavy (non-hydrogen) atoms. The van der Waals surface area contributed by atoms with E-state index in [0.717, 1.165) is 17.1 Å². The van der Waals surface area contributed by atoms with Crippen LogP contribution in [0, 0.1) is 10.1 Å². The number of rotatable bonds is 8. The summed E-state index contributed by atoms with van der Waals surface area (Å²) < 4.78 is 2.59. The molecule has 0 saturated carbocycles.